The molecule has 2 rings (SSSR count). The van der Waals surface area contributed by atoms with Crippen LogP contribution >= 0.6 is 0 Å². The zero-order valence-electron chi connectivity index (χ0n) is 9.48. The Hall–Kier alpha value is -1.28. The minimum Gasteiger partial charge on any atom is -0.423 e. The number of hydrogen-bond donors (Lipinski definition) is 2. The van der Waals surface area contributed by atoms with Gasteiger partial charge in [-0.25, -0.2) is 4.98 Å². The molecule has 0 aliphatic carbocycles. The first-order valence-electron chi connectivity index (χ1n) is 5.58. The van der Waals surface area contributed by atoms with Crippen LogP contribution in [0.15, 0.2) is 12.3 Å². The van der Waals surface area contributed by atoms with Crippen molar-refractivity contribution < 1.29 is 23.2 Å². The summed E-state index contributed by atoms with van der Waals surface area (Å²) in [5, 5.41) is 17.8. The van der Waals surface area contributed by atoms with Crippen LogP contribution in [0.2, 0.25) is 0 Å². The molecular formula is C10H12BF3N2O2. The third kappa shape index (κ3) is 2.59. The highest BCUT2D eigenvalue weighted by Gasteiger charge is 2.37. The van der Waals surface area contributed by atoms with E-state index in [2.05, 4.69) is 4.98 Å². The van der Waals surface area contributed by atoms with E-state index in [0.717, 1.165) is 25.1 Å². The fourth-order valence-corrected chi connectivity index (χ4v) is 2.00. The van der Waals surface area contributed by atoms with Gasteiger partial charge in [0.1, 0.15) is 5.82 Å². The van der Waals surface area contributed by atoms with Crippen LogP contribution in [-0.4, -0.2) is 35.2 Å². The number of rotatable bonds is 2. The third-order valence-corrected chi connectivity index (χ3v) is 2.90. The Kier molecular flexibility index (Phi) is 3.49. The van der Waals surface area contributed by atoms with E-state index in [1.54, 1.807) is 4.90 Å². The van der Waals surface area contributed by atoms with E-state index < -0.39 is 18.9 Å². The van der Waals surface area contributed by atoms with Gasteiger partial charge in [-0.05, 0) is 18.9 Å². The van der Waals surface area contributed by atoms with Gasteiger partial charge in [-0.3, -0.25) is 0 Å². The Labute approximate surface area is 102 Å². The number of anilines is 1. The van der Waals surface area contributed by atoms with Gasteiger partial charge < -0.3 is 14.9 Å². The highest BCUT2D eigenvalue weighted by molar-refractivity contribution is 6.58. The predicted octanol–water partition coefficient (Wildman–Crippen LogP) is 0.380. The van der Waals surface area contributed by atoms with Crippen LogP contribution in [0.1, 0.15) is 18.4 Å². The van der Waals surface area contributed by atoms with Crippen molar-refractivity contribution in [2.45, 2.75) is 19.0 Å². The van der Waals surface area contributed by atoms with Gasteiger partial charge in [0.05, 0.1) is 5.56 Å². The molecule has 4 nitrogen and oxygen atoms in total. The first-order chi connectivity index (χ1) is 8.39. The molecule has 1 saturated heterocycles. The number of pyridine rings is 1. The SMILES string of the molecule is OB(O)c1cnc(N2CCCC2)c(C(F)(F)F)c1. The summed E-state index contributed by atoms with van der Waals surface area (Å²) in [7, 11) is -1.95. The lowest BCUT2D eigenvalue weighted by atomic mass is 9.81. The van der Waals surface area contributed by atoms with Crippen molar-refractivity contribution in [1.82, 2.24) is 4.98 Å². The largest absolute Gasteiger partial charge is 0.490 e. The molecule has 0 aromatic carbocycles. The Balaban J connectivity index is 2.45. The summed E-state index contributed by atoms with van der Waals surface area (Å²) in [5.74, 6) is -0.135. The normalized spacial score (nSPS) is 16.2. The molecule has 98 valence electrons. The molecule has 2 heterocycles. The molecule has 0 radical (unpaired) electrons. The number of alkyl halides is 3. The van der Waals surface area contributed by atoms with E-state index >= 15 is 0 Å². The van der Waals surface area contributed by atoms with Crippen LogP contribution in [0, 0.1) is 0 Å². The fraction of sp³-hybridized carbons (Fsp3) is 0.500. The first-order valence-corrected chi connectivity index (χ1v) is 5.58. The van der Waals surface area contributed by atoms with Gasteiger partial charge in [-0.15, -0.1) is 0 Å². The molecule has 0 amide bonds. The average Bonchev–Trinajstić information content (AvgIpc) is 2.80. The first kappa shape index (κ1) is 13.2. The molecule has 8 heteroatoms. The Bertz CT molecular complexity index is 434. The molecule has 0 spiro atoms. The van der Waals surface area contributed by atoms with Crippen LogP contribution in [0.3, 0.4) is 0 Å². The van der Waals surface area contributed by atoms with Crippen LogP contribution in [0.4, 0.5) is 19.0 Å². The van der Waals surface area contributed by atoms with Crippen molar-refractivity contribution in [2.75, 3.05) is 18.0 Å². The number of nitrogens with zero attached hydrogens (tertiary/aromatic N) is 2. The molecule has 1 aromatic rings. The monoisotopic (exact) mass is 260 g/mol. The summed E-state index contributed by atoms with van der Waals surface area (Å²) in [5.41, 5.74) is -1.18. The molecule has 1 aromatic heterocycles. The second-order valence-electron chi connectivity index (χ2n) is 4.21. The molecular weight excluding hydrogens is 248 g/mol. The number of hydrogen-bond acceptors (Lipinski definition) is 4. The topological polar surface area (TPSA) is 56.6 Å². The molecule has 1 aliphatic heterocycles. The highest BCUT2D eigenvalue weighted by Crippen LogP contribution is 2.35. The second-order valence-corrected chi connectivity index (χ2v) is 4.21. The second kappa shape index (κ2) is 4.77. The van der Waals surface area contributed by atoms with Crippen molar-refractivity contribution >= 4 is 18.4 Å². The van der Waals surface area contributed by atoms with Crippen molar-refractivity contribution in [3.8, 4) is 0 Å². The van der Waals surface area contributed by atoms with E-state index in [1.807, 2.05) is 0 Å². The van der Waals surface area contributed by atoms with Crippen molar-refractivity contribution in [2.24, 2.45) is 0 Å². The number of halogens is 3. The van der Waals surface area contributed by atoms with Gasteiger partial charge in [0.15, 0.2) is 0 Å². The van der Waals surface area contributed by atoms with E-state index in [-0.39, 0.29) is 11.3 Å². The maximum absolute atomic E-state index is 12.9. The van der Waals surface area contributed by atoms with Gasteiger partial charge in [0.25, 0.3) is 0 Å². The summed E-state index contributed by atoms with van der Waals surface area (Å²) in [4.78, 5) is 5.30. The number of aromatic nitrogens is 1. The Morgan fingerprint density at radius 1 is 1.22 bits per heavy atom. The van der Waals surface area contributed by atoms with Crippen molar-refractivity contribution in [3.63, 3.8) is 0 Å². The molecule has 0 saturated carbocycles. The smallest absolute Gasteiger partial charge is 0.423 e. The quantitative estimate of drug-likeness (QED) is 0.755. The van der Waals surface area contributed by atoms with Crippen molar-refractivity contribution in [1.29, 1.82) is 0 Å². The molecule has 18 heavy (non-hydrogen) atoms. The van der Waals surface area contributed by atoms with Gasteiger partial charge >= 0.3 is 13.3 Å². The van der Waals surface area contributed by atoms with E-state index in [9.17, 15) is 13.2 Å². The molecule has 2 N–H and O–H groups in total. The lowest BCUT2D eigenvalue weighted by Crippen LogP contribution is -2.33. The van der Waals surface area contributed by atoms with Gasteiger partial charge in [-0.1, -0.05) is 0 Å². The zero-order valence-corrected chi connectivity index (χ0v) is 9.48. The van der Waals surface area contributed by atoms with E-state index in [4.69, 9.17) is 10.0 Å². The maximum atomic E-state index is 12.9. The van der Waals surface area contributed by atoms with Crippen LogP contribution in [0.25, 0.3) is 0 Å². The predicted molar refractivity (Wildman–Crippen MR) is 60.5 cm³/mol. The standard InChI is InChI=1S/C10H12BF3N2O2/c12-10(13,14)8-5-7(11(17)18)6-15-9(8)16-3-1-2-4-16/h5-6,17-18H,1-4H2. The van der Waals surface area contributed by atoms with Gasteiger partial charge in [-0.2, -0.15) is 13.2 Å². The summed E-state index contributed by atoms with van der Waals surface area (Å²) < 4.78 is 38.7. The molecule has 0 atom stereocenters. The average molecular weight is 260 g/mol. The maximum Gasteiger partial charge on any atom is 0.490 e. The highest BCUT2D eigenvalue weighted by atomic mass is 19.4. The fourth-order valence-electron chi connectivity index (χ4n) is 2.00. The molecule has 0 bridgehead atoms. The molecule has 0 unspecified atom stereocenters. The van der Waals surface area contributed by atoms with Crippen LogP contribution in [0.5, 0.6) is 0 Å². The summed E-state index contributed by atoms with van der Waals surface area (Å²) in [6.07, 6.45) is -1.82. The molecule has 1 aliphatic rings. The van der Waals surface area contributed by atoms with Gasteiger partial charge in [0, 0.05) is 24.7 Å². The Morgan fingerprint density at radius 2 is 1.83 bits per heavy atom. The third-order valence-electron chi connectivity index (χ3n) is 2.90. The summed E-state index contributed by atoms with van der Waals surface area (Å²) in [6, 6.07) is 0.741. The lowest BCUT2D eigenvalue weighted by Gasteiger charge is -2.21. The summed E-state index contributed by atoms with van der Waals surface area (Å²) >= 11 is 0. The molecule has 1 fully saturated rings. The van der Waals surface area contributed by atoms with Gasteiger partial charge in [0.2, 0.25) is 0 Å². The Morgan fingerprint density at radius 3 is 2.33 bits per heavy atom. The minimum absolute atomic E-state index is 0.135. The van der Waals surface area contributed by atoms with Crippen molar-refractivity contribution in [3.05, 3.63) is 17.8 Å². The van der Waals surface area contributed by atoms with E-state index in [0.29, 0.717) is 13.1 Å². The van der Waals surface area contributed by atoms with E-state index in [1.165, 1.54) is 0 Å². The van der Waals surface area contributed by atoms with Crippen LogP contribution < -0.4 is 10.4 Å². The van der Waals surface area contributed by atoms with Crippen LogP contribution in [-0.2, 0) is 6.18 Å². The lowest BCUT2D eigenvalue weighted by molar-refractivity contribution is -0.137. The summed E-state index contributed by atoms with van der Waals surface area (Å²) in [6.45, 7) is 1.08. The minimum atomic E-state index is -4.56. The zero-order chi connectivity index (χ0) is 13.3.